The molecule has 19 heavy (non-hydrogen) atoms. The van der Waals surface area contributed by atoms with Gasteiger partial charge in [0.05, 0.1) is 4.21 Å². The molecule has 1 aromatic rings. The van der Waals surface area contributed by atoms with Gasteiger partial charge in [0, 0.05) is 17.8 Å². The second-order valence-corrected chi connectivity index (χ2v) is 8.94. The summed E-state index contributed by atoms with van der Waals surface area (Å²) in [5, 5.41) is 6.94. The maximum Gasteiger partial charge on any atom is 0.0649 e. The monoisotopic (exact) mass is 295 g/mol. The van der Waals surface area contributed by atoms with Crippen LogP contribution in [0.3, 0.4) is 0 Å². The van der Waals surface area contributed by atoms with Crippen molar-refractivity contribution >= 4 is 23.1 Å². The third-order valence-electron chi connectivity index (χ3n) is 5.05. The Bertz CT molecular complexity index is 420. The molecule has 1 saturated carbocycles. The van der Waals surface area contributed by atoms with Crippen molar-refractivity contribution in [2.45, 2.75) is 67.9 Å². The van der Waals surface area contributed by atoms with Crippen molar-refractivity contribution in [2.75, 3.05) is 6.54 Å². The molecule has 1 nitrogen and oxygen atoms in total. The maximum atomic E-state index is 3.92. The van der Waals surface area contributed by atoms with Gasteiger partial charge < -0.3 is 5.32 Å². The minimum Gasteiger partial charge on any atom is -0.309 e. The van der Waals surface area contributed by atoms with Gasteiger partial charge in [0.2, 0.25) is 0 Å². The van der Waals surface area contributed by atoms with Crippen LogP contribution in [0.2, 0.25) is 0 Å². The highest BCUT2D eigenvalue weighted by Gasteiger charge is 2.34. The number of thioether (sulfide) groups is 1. The molecule has 3 heteroatoms. The number of hydrogen-bond donors (Lipinski definition) is 1. The van der Waals surface area contributed by atoms with Crippen molar-refractivity contribution in [1.29, 1.82) is 0 Å². The first kappa shape index (κ1) is 14.0. The van der Waals surface area contributed by atoms with E-state index < -0.39 is 0 Å². The molecule has 2 atom stereocenters. The van der Waals surface area contributed by atoms with Gasteiger partial charge in [0.1, 0.15) is 0 Å². The number of fused-ring (bicyclic) bond motifs is 1. The van der Waals surface area contributed by atoms with Gasteiger partial charge in [-0.3, -0.25) is 0 Å². The van der Waals surface area contributed by atoms with Gasteiger partial charge in [-0.1, -0.05) is 26.7 Å². The number of nitrogens with one attached hydrogen (secondary N) is 1. The van der Waals surface area contributed by atoms with E-state index in [2.05, 4.69) is 42.4 Å². The molecule has 1 aliphatic heterocycles. The minimum absolute atomic E-state index is 0.599. The van der Waals surface area contributed by atoms with Crippen LogP contribution in [0.1, 0.15) is 64.0 Å². The Balaban J connectivity index is 1.67. The van der Waals surface area contributed by atoms with Crippen molar-refractivity contribution < 1.29 is 0 Å². The normalized spacial score (nSPS) is 29.4. The smallest absolute Gasteiger partial charge is 0.0649 e. The average Bonchev–Trinajstić information content (AvgIpc) is 3.05. The van der Waals surface area contributed by atoms with E-state index in [1.54, 1.807) is 9.77 Å². The third-order valence-corrected chi connectivity index (χ3v) is 7.39. The van der Waals surface area contributed by atoms with Crippen molar-refractivity contribution in [3.8, 4) is 0 Å². The van der Waals surface area contributed by atoms with Crippen LogP contribution in [0.5, 0.6) is 0 Å². The summed E-state index contributed by atoms with van der Waals surface area (Å²) in [6.45, 7) is 5.97. The summed E-state index contributed by atoms with van der Waals surface area (Å²) in [4.78, 5) is 0. The fourth-order valence-corrected chi connectivity index (χ4v) is 6.23. The molecular weight excluding hydrogens is 270 g/mol. The highest BCUT2D eigenvalue weighted by atomic mass is 32.2. The van der Waals surface area contributed by atoms with Gasteiger partial charge >= 0.3 is 0 Å². The molecule has 0 amide bonds. The number of rotatable bonds is 4. The van der Waals surface area contributed by atoms with Crippen LogP contribution in [0, 0.1) is 5.41 Å². The van der Waals surface area contributed by atoms with Crippen LogP contribution in [0.25, 0.3) is 0 Å². The van der Waals surface area contributed by atoms with Gasteiger partial charge in [-0.05, 0) is 48.1 Å². The minimum atomic E-state index is 0.599. The van der Waals surface area contributed by atoms with Gasteiger partial charge in [-0.15, -0.1) is 23.1 Å². The molecule has 0 aromatic carbocycles. The standard InChI is InChI=1S/C16H25NS2/c1-3-16(7-4-5-8-16)11-17-14-10-12(2)19-15-13(14)6-9-18-15/h6,9,12,14,17H,3-5,7-8,10-11H2,1-2H3/t12-,14?/m0/s1. The second kappa shape index (κ2) is 5.79. The predicted octanol–water partition coefficient (Wildman–Crippen LogP) is 5.23. The fourth-order valence-electron chi connectivity index (χ4n) is 3.66. The zero-order valence-electron chi connectivity index (χ0n) is 12.1. The van der Waals surface area contributed by atoms with Gasteiger partial charge in [0.25, 0.3) is 0 Å². The summed E-state index contributed by atoms with van der Waals surface area (Å²) in [7, 11) is 0. The van der Waals surface area contributed by atoms with Crippen molar-refractivity contribution in [3.63, 3.8) is 0 Å². The molecule has 1 aliphatic carbocycles. The summed E-state index contributed by atoms with van der Waals surface area (Å²) in [6, 6.07) is 2.94. The van der Waals surface area contributed by atoms with Crippen LogP contribution in [-0.2, 0) is 0 Å². The van der Waals surface area contributed by atoms with Gasteiger partial charge in [0.15, 0.2) is 0 Å². The van der Waals surface area contributed by atoms with Crippen LogP contribution < -0.4 is 5.32 Å². The van der Waals surface area contributed by atoms with E-state index in [0.717, 1.165) is 5.25 Å². The highest BCUT2D eigenvalue weighted by Crippen LogP contribution is 2.45. The lowest BCUT2D eigenvalue weighted by Gasteiger charge is -2.33. The zero-order valence-corrected chi connectivity index (χ0v) is 13.7. The van der Waals surface area contributed by atoms with E-state index in [4.69, 9.17) is 0 Å². The molecule has 0 spiro atoms. The maximum absolute atomic E-state index is 3.92. The summed E-state index contributed by atoms with van der Waals surface area (Å²) in [5.74, 6) is 0. The van der Waals surface area contributed by atoms with Crippen molar-refractivity contribution in [1.82, 2.24) is 5.32 Å². The Morgan fingerprint density at radius 3 is 2.89 bits per heavy atom. The molecule has 0 bridgehead atoms. The van der Waals surface area contributed by atoms with Crippen LogP contribution in [0.15, 0.2) is 15.7 Å². The van der Waals surface area contributed by atoms with E-state index in [0.29, 0.717) is 11.5 Å². The van der Waals surface area contributed by atoms with Crippen molar-refractivity contribution in [3.05, 3.63) is 17.0 Å². The number of thiophene rings is 1. The molecular formula is C16H25NS2. The second-order valence-electron chi connectivity index (χ2n) is 6.32. The highest BCUT2D eigenvalue weighted by molar-refractivity contribution is 8.01. The quantitative estimate of drug-likeness (QED) is 0.816. The van der Waals surface area contributed by atoms with Crippen LogP contribution in [0.4, 0.5) is 0 Å². The van der Waals surface area contributed by atoms with E-state index in [1.165, 1.54) is 45.1 Å². The lowest BCUT2D eigenvalue weighted by Crippen LogP contribution is -2.36. The Labute approximate surface area is 125 Å². The third kappa shape index (κ3) is 2.88. The molecule has 106 valence electrons. The topological polar surface area (TPSA) is 12.0 Å². The van der Waals surface area contributed by atoms with Crippen LogP contribution >= 0.6 is 23.1 Å². The molecule has 0 radical (unpaired) electrons. The summed E-state index contributed by atoms with van der Waals surface area (Å²) in [6.07, 6.45) is 8.38. The average molecular weight is 296 g/mol. The molecule has 3 rings (SSSR count). The lowest BCUT2D eigenvalue weighted by atomic mass is 9.83. The SMILES string of the molecule is CCC1(CNC2C[C@H](C)Sc3sccc32)CCCC1. The van der Waals surface area contributed by atoms with Crippen LogP contribution in [-0.4, -0.2) is 11.8 Å². The van der Waals surface area contributed by atoms with E-state index in [1.807, 2.05) is 11.3 Å². The van der Waals surface area contributed by atoms with E-state index >= 15 is 0 Å². The van der Waals surface area contributed by atoms with Gasteiger partial charge in [-0.25, -0.2) is 0 Å². The Kier molecular flexibility index (Phi) is 4.25. The zero-order chi connectivity index (χ0) is 13.3. The predicted molar refractivity (Wildman–Crippen MR) is 86.2 cm³/mol. The first-order chi connectivity index (χ1) is 9.22. The van der Waals surface area contributed by atoms with E-state index in [9.17, 15) is 0 Å². The van der Waals surface area contributed by atoms with E-state index in [-0.39, 0.29) is 0 Å². The summed E-state index contributed by atoms with van der Waals surface area (Å²) >= 11 is 3.98. The number of hydrogen-bond acceptors (Lipinski definition) is 3. The lowest BCUT2D eigenvalue weighted by molar-refractivity contribution is 0.252. The molecule has 1 N–H and O–H groups in total. The molecule has 1 fully saturated rings. The summed E-state index contributed by atoms with van der Waals surface area (Å²) in [5.41, 5.74) is 2.17. The molecule has 2 aliphatic rings. The first-order valence-corrected chi connectivity index (χ1v) is 9.46. The fraction of sp³-hybridized carbons (Fsp3) is 0.750. The van der Waals surface area contributed by atoms with Crippen molar-refractivity contribution in [2.24, 2.45) is 5.41 Å². The molecule has 2 heterocycles. The Hall–Kier alpha value is 0.0100. The van der Waals surface area contributed by atoms with Gasteiger partial charge in [-0.2, -0.15) is 0 Å². The Morgan fingerprint density at radius 2 is 2.16 bits per heavy atom. The summed E-state index contributed by atoms with van der Waals surface area (Å²) < 4.78 is 1.55. The first-order valence-electron chi connectivity index (χ1n) is 7.70. The Morgan fingerprint density at radius 1 is 1.37 bits per heavy atom. The molecule has 1 aromatic heterocycles. The molecule has 1 unspecified atom stereocenters. The molecule has 0 saturated heterocycles. The largest absolute Gasteiger partial charge is 0.309 e.